The van der Waals surface area contributed by atoms with Gasteiger partial charge in [0.1, 0.15) is 0 Å². The molecule has 1 aromatic rings. The number of carbonyl (C=O) groups is 1. The number of ether oxygens (including phenoxy) is 1. The number of benzene rings is 1. The normalized spacial score (nSPS) is 12.9. The Labute approximate surface area is 129 Å². The van der Waals surface area contributed by atoms with Crippen molar-refractivity contribution in [1.82, 2.24) is 5.32 Å². The molecule has 0 fully saturated rings. The third-order valence-corrected chi connectivity index (χ3v) is 3.16. The number of amides is 1. The number of alkyl halides is 3. The Balaban J connectivity index is 2.76. The molecule has 4 nitrogen and oxygen atoms in total. The van der Waals surface area contributed by atoms with Gasteiger partial charge in [-0.15, -0.1) is 13.2 Å². The topological polar surface area (TPSA) is 50.4 Å². The monoisotopic (exact) mass is 368 g/mol. The second-order valence-electron chi connectivity index (χ2n) is 4.43. The molecular weight excluding hydrogens is 353 g/mol. The SMILES string of the molecule is CCC(C)NCC(=O)Nc1ccc(Br)cc1OC(F)(F)F. The van der Waals surface area contributed by atoms with E-state index >= 15 is 0 Å². The van der Waals surface area contributed by atoms with Gasteiger partial charge in [-0.1, -0.05) is 22.9 Å². The summed E-state index contributed by atoms with van der Waals surface area (Å²) in [4.78, 5) is 11.7. The van der Waals surface area contributed by atoms with E-state index in [1.807, 2.05) is 13.8 Å². The zero-order chi connectivity index (χ0) is 16.0. The minimum absolute atomic E-state index is 0.0104. The molecule has 0 spiro atoms. The van der Waals surface area contributed by atoms with Gasteiger partial charge >= 0.3 is 6.36 Å². The Morgan fingerprint density at radius 3 is 2.67 bits per heavy atom. The van der Waals surface area contributed by atoms with Crippen molar-refractivity contribution in [2.24, 2.45) is 0 Å². The summed E-state index contributed by atoms with van der Waals surface area (Å²) in [5, 5.41) is 5.34. The Morgan fingerprint density at radius 1 is 1.43 bits per heavy atom. The van der Waals surface area contributed by atoms with E-state index in [4.69, 9.17) is 0 Å². The van der Waals surface area contributed by atoms with Gasteiger partial charge in [0.25, 0.3) is 0 Å². The summed E-state index contributed by atoms with van der Waals surface area (Å²) in [6.07, 6.45) is -3.98. The van der Waals surface area contributed by atoms with Crippen molar-refractivity contribution in [1.29, 1.82) is 0 Å². The van der Waals surface area contributed by atoms with Gasteiger partial charge in [0.15, 0.2) is 5.75 Å². The van der Waals surface area contributed by atoms with Crippen molar-refractivity contribution in [3.63, 3.8) is 0 Å². The second kappa shape index (κ2) is 7.65. The van der Waals surface area contributed by atoms with Crippen molar-refractivity contribution < 1.29 is 22.7 Å². The number of hydrogen-bond donors (Lipinski definition) is 2. The average Bonchev–Trinajstić information content (AvgIpc) is 2.37. The molecule has 8 heteroatoms. The summed E-state index contributed by atoms with van der Waals surface area (Å²) in [5.74, 6) is -0.904. The van der Waals surface area contributed by atoms with Crippen LogP contribution in [0.4, 0.5) is 18.9 Å². The van der Waals surface area contributed by atoms with E-state index in [9.17, 15) is 18.0 Å². The Morgan fingerprint density at radius 2 is 2.10 bits per heavy atom. The van der Waals surface area contributed by atoms with E-state index in [0.29, 0.717) is 4.47 Å². The largest absolute Gasteiger partial charge is 0.573 e. The predicted octanol–water partition coefficient (Wildman–Crippen LogP) is 3.67. The molecule has 1 rings (SSSR count). The molecule has 1 aromatic carbocycles. The van der Waals surface area contributed by atoms with Gasteiger partial charge in [0.05, 0.1) is 12.2 Å². The first-order chi connectivity index (χ1) is 9.71. The molecule has 0 heterocycles. The van der Waals surface area contributed by atoms with Gasteiger partial charge in [-0.25, -0.2) is 0 Å². The van der Waals surface area contributed by atoms with Gasteiger partial charge < -0.3 is 15.4 Å². The summed E-state index contributed by atoms with van der Waals surface area (Å²) < 4.78 is 41.3. The van der Waals surface area contributed by atoms with Crippen LogP contribution in [0.1, 0.15) is 20.3 Å². The maximum absolute atomic E-state index is 12.3. The molecule has 1 unspecified atom stereocenters. The van der Waals surface area contributed by atoms with Crippen molar-refractivity contribution in [2.45, 2.75) is 32.7 Å². The number of carbonyl (C=O) groups excluding carboxylic acids is 1. The van der Waals surface area contributed by atoms with Crippen LogP contribution in [0.25, 0.3) is 0 Å². The Hall–Kier alpha value is -1.28. The van der Waals surface area contributed by atoms with E-state index in [2.05, 4.69) is 31.3 Å². The van der Waals surface area contributed by atoms with Crippen LogP contribution in [-0.4, -0.2) is 24.9 Å². The molecule has 0 saturated carbocycles. The average molecular weight is 369 g/mol. The molecule has 1 amide bonds. The summed E-state index contributed by atoms with van der Waals surface area (Å²) in [5.41, 5.74) is -0.0357. The van der Waals surface area contributed by atoms with Crippen LogP contribution in [0.3, 0.4) is 0 Å². The summed E-state index contributed by atoms with van der Waals surface area (Å²) in [6, 6.07) is 4.14. The van der Waals surface area contributed by atoms with Crippen molar-refractivity contribution in [2.75, 3.05) is 11.9 Å². The first-order valence-corrected chi connectivity index (χ1v) is 7.09. The standard InChI is InChI=1S/C13H16BrF3N2O2/c1-3-8(2)18-7-12(20)19-10-5-4-9(14)6-11(10)21-13(15,16)17/h4-6,8,18H,3,7H2,1-2H3,(H,19,20). The molecule has 0 radical (unpaired) electrons. The predicted molar refractivity (Wildman–Crippen MR) is 77.2 cm³/mol. The summed E-state index contributed by atoms with van der Waals surface area (Å²) >= 11 is 3.06. The molecular formula is C13H16BrF3N2O2. The van der Waals surface area contributed by atoms with Crippen LogP contribution in [0.2, 0.25) is 0 Å². The fraction of sp³-hybridized carbons (Fsp3) is 0.462. The second-order valence-corrected chi connectivity index (χ2v) is 5.34. The lowest BCUT2D eigenvalue weighted by molar-refractivity contribution is -0.274. The van der Waals surface area contributed by atoms with Crippen molar-refractivity contribution in [3.8, 4) is 5.75 Å². The highest BCUT2D eigenvalue weighted by molar-refractivity contribution is 9.10. The lowest BCUT2D eigenvalue weighted by Gasteiger charge is -2.15. The van der Waals surface area contributed by atoms with E-state index in [1.165, 1.54) is 12.1 Å². The summed E-state index contributed by atoms with van der Waals surface area (Å²) in [6.45, 7) is 3.88. The first-order valence-electron chi connectivity index (χ1n) is 6.29. The van der Waals surface area contributed by atoms with E-state index in [0.717, 1.165) is 12.5 Å². The lowest BCUT2D eigenvalue weighted by atomic mass is 10.2. The highest BCUT2D eigenvalue weighted by atomic mass is 79.9. The maximum Gasteiger partial charge on any atom is 0.573 e. The van der Waals surface area contributed by atoms with Gasteiger partial charge in [-0.05, 0) is 31.5 Å². The van der Waals surface area contributed by atoms with Crippen LogP contribution >= 0.6 is 15.9 Å². The fourth-order valence-electron chi connectivity index (χ4n) is 1.41. The van der Waals surface area contributed by atoms with Crippen LogP contribution in [0.5, 0.6) is 5.75 Å². The Kier molecular flexibility index (Phi) is 6.47. The minimum Gasteiger partial charge on any atom is -0.404 e. The molecule has 0 aliphatic rings. The van der Waals surface area contributed by atoms with Gasteiger partial charge in [0, 0.05) is 10.5 Å². The van der Waals surface area contributed by atoms with Crippen molar-refractivity contribution >= 4 is 27.5 Å². The molecule has 0 aromatic heterocycles. The quantitative estimate of drug-likeness (QED) is 0.805. The molecule has 0 bridgehead atoms. The van der Waals surface area contributed by atoms with Crippen LogP contribution in [-0.2, 0) is 4.79 Å². The number of hydrogen-bond acceptors (Lipinski definition) is 3. The zero-order valence-electron chi connectivity index (χ0n) is 11.6. The van der Waals surface area contributed by atoms with Crippen LogP contribution in [0, 0.1) is 0 Å². The number of nitrogens with one attached hydrogen (secondary N) is 2. The first kappa shape index (κ1) is 17.8. The van der Waals surface area contributed by atoms with Crippen LogP contribution < -0.4 is 15.4 Å². The number of halogens is 4. The lowest BCUT2D eigenvalue weighted by Crippen LogP contribution is -2.34. The highest BCUT2D eigenvalue weighted by Gasteiger charge is 2.32. The van der Waals surface area contributed by atoms with Gasteiger partial charge in [-0.2, -0.15) is 0 Å². The van der Waals surface area contributed by atoms with Crippen molar-refractivity contribution in [3.05, 3.63) is 22.7 Å². The minimum atomic E-state index is -4.82. The Bertz CT molecular complexity index is 495. The highest BCUT2D eigenvalue weighted by Crippen LogP contribution is 2.32. The fourth-order valence-corrected chi connectivity index (χ4v) is 1.75. The molecule has 0 aliphatic carbocycles. The van der Waals surface area contributed by atoms with E-state index < -0.39 is 18.0 Å². The van der Waals surface area contributed by atoms with Crippen LogP contribution in [0.15, 0.2) is 22.7 Å². The van der Waals surface area contributed by atoms with E-state index in [-0.39, 0.29) is 18.3 Å². The van der Waals surface area contributed by atoms with E-state index in [1.54, 1.807) is 0 Å². The molecule has 1 atom stereocenters. The smallest absolute Gasteiger partial charge is 0.404 e. The molecule has 0 saturated heterocycles. The zero-order valence-corrected chi connectivity index (χ0v) is 13.1. The maximum atomic E-state index is 12.3. The third kappa shape index (κ3) is 6.81. The number of rotatable bonds is 6. The number of anilines is 1. The van der Waals surface area contributed by atoms with Gasteiger partial charge in [0.2, 0.25) is 5.91 Å². The molecule has 0 aliphatic heterocycles. The summed E-state index contributed by atoms with van der Waals surface area (Å²) in [7, 11) is 0. The molecule has 21 heavy (non-hydrogen) atoms. The molecule has 2 N–H and O–H groups in total. The van der Waals surface area contributed by atoms with Gasteiger partial charge in [-0.3, -0.25) is 4.79 Å². The third-order valence-electron chi connectivity index (χ3n) is 2.67. The molecule has 118 valence electrons.